The standard InChI is InChI=1S/C16H27FN4O3S/c1-14(21-9-2-3-10-21)13-19-25(22,23)16-6-4-5-15(20-16)18-8-12-24-11-7-17/h4-6,14,19H,2-3,7-13H2,1H3,(H,18,20). The van der Waals surface area contributed by atoms with Gasteiger partial charge in [0, 0.05) is 19.1 Å². The first-order chi connectivity index (χ1) is 12.0. The van der Waals surface area contributed by atoms with Gasteiger partial charge in [0.1, 0.15) is 12.5 Å². The number of hydrogen-bond donors (Lipinski definition) is 2. The Balaban J connectivity index is 1.86. The zero-order chi connectivity index (χ0) is 18.1. The number of sulfonamides is 1. The molecule has 7 nitrogen and oxygen atoms in total. The van der Waals surface area contributed by atoms with Crippen LogP contribution in [-0.2, 0) is 14.8 Å². The Bertz CT molecular complexity index is 624. The fourth-order valence-electron chi connectivity index (χ4n) is 2.69. The van der Waals surface area contributed by atoms with Gasteiger partial charge in [0.25, 0.3) is 10.0 Å². The van der Waals surface area contributed by atoms with Gasteiger partial charge in [0.05, 0.1) is 13.2 Å². The molecule has 1 aromatic heterocycles. The van der Waals surface area contributed by atoms with Crippen molar-refractivity contribution in [2.75, 3.05) is 51.4 Å². The van der Waals surface area contributed by atoms with E-state index in [1.807, 2.05) is 6.92 Å². The molecular weight excluding hydrogens is 347 g/mol. The van der Waals surface area contributed by atoms with Crippen molar-refractivity contribution >= 4 is 15.8 Å². The molecule has 2 rings (SSSR count). The molecule has 2 N–H and O–H groups in total. The van der Waals surface area contributed by atoms with Gasteiger partial charge in [0.15, 0.2) is 5.03 Å². The minimum absolute atomic E-state index is 0.0178. The minimum atomic E-state index is -3.66. The smallest absolute Gasteiger partial charge is 0.258 e. The highest BCUT2D eigenvalue weighted by atomic mass is 32.2. The van der Waals surface area contributed by atoms with E-state index < -0.39 is 16.7 Å². The maximum Gasteiger partial charge on any atom is 0.258 e. The largest absolute Gasteiger partial charge is 0.377 e. The third kappa shape index (κ3) is 6.50. The molecule has 1 atom stereocenters. The number of nitrogens with one attached hydrogen (secondary N) is 2. The Kier molecular flexibility index (Phi) is 8.01. The van der Waals surface area contributed by atoms with E-state index in [4.69, 9.17) is 4.74 Å². The van der Waals surface area contributed by atoms with Crippen molar-refractivity contribution in [1.29, 1.82) is 0 Å². The molecule has 25 heavy (non-hydrogen) atoms. The first kappa shape index (κ1) is 20.0. The predicted molar refractivity (Wildman–Crippen MR) is 95.0 cm³/mol. The number of halogens is 1. The number of nitrogens with zero attached hydrogens (tertiary/aromatic N) is 2. The summed E-state index contributed by atoms with van der Waals surface area (Å²) in [5, 5.41) is 2.95. The monoisotopic (exact) mass is 374 g/mol. The van der Waals surface area contributed by atoms with Crippen molar-refractivity contribution < 1.29 is 17.5 Å². The van der Waals surface area contributed by atoms with Crippen LogP contribution in [0.1, 0.15) is 19.8 Å². The Morgan fingerprint density at radius 2 is 2.08 bits per heavy atom. The van der Waals surface area contributed by atoms with Gasteiger partial charge in [-0.3, -0.25) is 4.90 Å². The average molecular weight is 374 g/mol. The molecule has 1 unspecified atom stereocenters. The van der Waals surface area contributed by atoms with Gasteiger partial charge in [-0.05, 0) is 45.0 Å². The number of likely N-dealkylation sites (tertiary alicyclic amines) is 1. The number of anilines is 1. The van der Waals surface area contributed by atoms with Crippen molar-refractivity contribution in [2.45, 2.75) is 30.8 Å². The summed E-state index contributed by atoms with van der Waals surface area (Å²) in [5.74, 6) is 0.444. The summed E-state index contributed by atoms with van der Waals surface area (Å²) < 4.78 is 44.4. The van der Waals surface area contributed by atoms with Gasteiger partial charge < -0.3 is 10.1 Å². The SMILES string of the molecule is CC(CNS(=O)(=O)c1cccc(NCCOCCF)n1)N1CCCC1. The first-order valence-corrected chi connectivity index (χ1v) is 10.1. The molecule has 0 amide bonds. The van der Waals surface area contributed by atoms with Crippen molar-refractivity contribution in [1.82, 2.24) is 14.6 Å². The molecule has 0 bridgehead atoms. The quantitative estimate of drug-likeness (QED) is 0.567. The summed E-state index contributed by atoms with van der Waals surface area (Å²) in [6, 6.07) is 4.94. The van der Waals surface area contributed by atoms with Crippen LogP contribution in [0, 0.1) is 0 Å². The van der Waals surface area contributed by atoms with Gasteiger partial charge in [0.2, 0.25) is 0 Å². The Hall–Kier alpha value is -1.29. The van der Waals surface area contributed by atoms with Crippen LogP contribution in [0.4, 0.5) is 10.2 Å². The van der Waals surface area contributed by atoms with E-state index in [2.05, 4.69) is 19.9 Å². The number of ether oxygens (including phenoxy) is 1. The lowest BCUT2D eigenvalue weighted by Gasteiger charge is -2.23. The van der Waals surface area contributed by atoms with Crippen molar-refractivity contribution in [3.63, 3.8) is 0 Å². The van der Waals surface area contributed by atoms with E-state index in [0.29, 0.717) is 25.5 Å². The van der Waals surface area contributed by atoms with Crippen molar-refractivity contribution in [2.24, 2.45) is 0 Å². The van der Waals surface area contributed by atoms with Crippen molar-refractivity contribution in [3.8, 4) is 0 Å². The Morgan fingerprint density at radius 3 is 2.80 bits per heavy atom. The molecule has 0 radical (unpaired) electrons. The van der Waals surface area contributed by atoms with Gasteiger partial charge in [-0.1, -0.05) is 6.07 Å². The van der Waals surface area contributed by atoms with Crippen LogP contribution in [0.25, 0.3) is 0 Å². The summed E-state index contributed by atoms with van der Waals surface area (Å²) in [7, 11) is -3.66. The van der Waals surface area contributed by atoms with E-state index in [1.54, 1.807) is 12.1 Å². The van der Waals surface area contributed by atoms with E-state index in [9.17, 15) is 12.8 Å². The molecule has 9 heteroatoms. The lowest BCUT2D eigenvalue weighted by Crippen LogP contribution is -2.40. The number of hydrogen-bond acceptors (Lipinski definition) is 6. The van der Waals surface area contributed by atoms with Gasteiger partial charge in [-0.15, -0.1) is 0 Å². The zero-order valence-corrected chi connectivity index (χ0v) is 15.4. The van der Waals surface area contributed by atoms with Crippen LogP contribution in [-0.4, -0.2) is 70.4 Å². The van der Waals surface area contributed by atoms with Gasteiger partial charge in [-0.2, -0.15) is 0 Å². The van der Waals surface area contributed by atoms with Crippen LogP contribution in [0.5, 0.6) is 0 Å². The summed E-state index contributed by atoms with van der Waals surface area (Å²) in [6.07, 6.45) is 2.34. The lowest BCUT2D eigenvalue weighted by atomic mass is 10.3. The number of rotatable bonds is 11. The number of pyridine rings is 1. The van der Waals surface area contributed by atoms with E-state index in [-0.39, 0.29) is 17.7 Å². The molecule has 0 saturated carbocycles. The Labute approximate surface area is 149 Å². The number of alkyl halides is 1. The molecule has 142 valence electrons. The maximum absolute atomic E-state index is 12.4. The van der Waals surface area contributed by atoms with Crippen molar-refractivity contribution in [3.05, 3.63) is 18.2 Å². The topological polar surface area (TPSA) is 83.6 Å². The van der Waals surface area contributed by atoms with Crippen LogP contribution in [0.2, 0.25) is 0 Å². The lowest BCUT2D eigenvalue weighted by molar-refractivity contribution is 0.128. The number of aromatic nitrogens is 1. The normalized spacial score (nSPS) is 16.9. The van der Waals surface area contributed by atoms with Crippen LogP contribution < -0.4 is 10.0 Å². The zero-order valence-electron chi connectivity index (χ0n) is 14.6. The molecular formula is C16H27FN4O3S. The second-order valence-electron chi connectivity index (χ2n) is 6.03. The molecule has 1 aromatic rings. The van der Waals surface area contributed by atoms with Crippen LogP contribution >= 0.6 is 0 Å². The second-order valence-corrected chi connectivity index (χ2v) is 7.75. The molecule has 0 spiro atoms. The van der Waals surface area contributed by atoms with Crippen LogP contribution in [0.3, 0.4) is 0 Å². The molecule has 1 fully saturated rings. The third-order valence-electron chi connectivity index (χ3n) is 4.11. The predicted octanol–water partition coefficient (Wildman–Crippen LogP) is 1.24. The fraction of sp³-hybridized carbons (Fsp3) is 0.688. The van der Waals surface area contributed by atoms with E-state index in [1.165, 1.54) is 18.9 Å². The summed E-state index contributed by atoms with van der Waals surface area (Å²) >= 11 is 0. The summed E-state index contributed by atoms with van der Waals surface area (Å²) in [4.78, 5) is 6.42. The first-order valence-electron chi connectivity index (χ1n) is 8.61. The average Bonchev–Trinajstić information content (AvgIpc) is 3.15. The minimum Gasteiger partial charge on any atom is -0.377 e. The molecule has 0 aliphatic carbocycles. The molecule has 1 aliphatic rings. The molecule has 0 aromatic carbocycles. The highest BCUT2D eigenvalue weighted by Gasteiger charge is 2.21. The van der Waals surface area contributed by atoms with Gasteiger partial charge >= 0.3 is 0 Å². The highest BCUT2D eigenvalue weighted by Crippen LogP contribution is 2.13. The second kappa shape index (κ2) is 10.0. The molecule has 1 saturated heterocycles. The molecule has 1 aliphatic heterocycles. The fourth-order valence-corrected chi connectivity index (χ4v) is 3.77. The maximum atomic E-state index is 12.4. The van der Waals surface area contributed by atoms with Crippen LogP contribution in [0.15, 0.2) is 23.2 Å². The molecule has 2 heterocycles. The summed E-state index contributed by atoms with van der Waals surface area (Å²) in [5.41, 5.74) is 0. The highest BCUT2D eigenvalue weighted by molar-refractivity contribution is 7.89. The summed E-state index contributed by atoms with van der Waals surface area (Å²) in [6.45, 7) is 4.71. The Morgan fingerprint density at radius 1 is 1.32 bits per heavy atom. The van der Waals surface area contributed by atoms with E-state index in [0.717, 1.165) is 13.1 Å². The third-order valence-corrected chi connectivity index (χ3v) is 5.43. The van der Waals surface area contributed by atoms with E-state index >= 15 is 0 Å². The van der Waals surface area contributed by atoms with Gasteiger partial charge in [-0.25, -0.2) is 22.5 Å².